The maximum atomic E-state index is 4.38. The molecular weight excluding hydrogens is 246 g/mol. The van der Waals surface area contributed by atoms with Crippen LogP contribution in [0.25, 0.3) is 0 Å². The number of thioether (sulfide) groups is 1. The molecule has 0 aliphatic heterocycles. The summed E-state index contributed by atoms with van der Waals surface area (Å²) in [6.07, 6.45) is 5.69. The minimum absolute atomic E-state index is 0.748. The molecule has 18 heavy (non-hydrogen) atoms. The zero-order chi connectivity index (χ0) is 13.0. The number of nitrogens with one attached hydrogen (secondary N) is 1. The first-order valence-electron chi connectivity index (χ1n) is 5.94. The molecule has 98 valence electrons. The summed E-state index contributed by atoms with van der Waals surface area (Å²) in [4.78, 5) is 14.1. The normalized spacial score (nSPS) is 11.3. The molecule has 5 nitrogen and oxygen atoms in total. The fourth-order valence-corrected chi connectivity index (χ4v) is 2.65. The Labute approximate surface area is 112 Å². The molecule has 2 heterocycles. The van der Waals surface area contributed by atoms with Crippen molar-refractivity contribution in [3.05, 3.63) is 30.1 Å². The number of nitrogens with zero attached hydrogens (tertiary/aromatic N) is 4. The first-order valence-corrected chi connectivity index (χ1v) is 6.93. The van der Waals surface area contributed by atoms with Crippen LogP contribution in [0.5, 0.6) is 0 Å². The average molecular weight is 265 g/mol. The monoisotopic (exact) mass is 265 g/mol. The van der Waals surface area contributed by atoms with Gasteiger partial charge in [-0.05, 0) is 21.0 Å². The van der Waals surface area contributed by atoms with Gasteiger partial charge in [-0.15, -0.1) is 0 Å². The Kier molecular flexibility index (Phi) is 4.43. The van der Waals surface area contributed by atoms with Crippen LogP contribution in [0.4, 0.5) is 0 Å². The van der Waals surface area contributed by atoms with Crippen molar-refractivity contribution in [3.63, 3.8) is 0 Å². The lowest BCUT2D eigenvalue weighted by atomic mass is 10.5. The Balaban J connectivity index is 1.95. The summed E-state index contributed by atoms with van der Waals surface area (Å²) in [5.74, 6) is 2.02. The van der Waals surface area contributed by atoms with Crippen molar-refractivity contribution in [3.8, 4) is 0 Å². The Hall–Kier alpha value is -1.27. The zero-order valence-corrected chi connectivity index (χ0v) is 11.9. The van der Waals surface area contributed by atoms with E-state index in [0.29, 0.717) is 0 Å². The van der Waals surface area contributed by atoms with E-state index in [1.807, 2.05) is 25.5 Å². The Bertz CT molecular complexity index is 488. The van der Waals surface area contributed by atoms with Crippen LogP contribution in [-0.2, 0) is 6.54 Å². The number of imidazole rings is 2. The van der Waals surface area contributed by atoms with E-state index >= 15 is 0 Å². The van der Waals surface area contributed by atoms with Crippen LogP contribution in [0.2, 0.25) is 0 Å². The summed E-state index contributed by atoms with van der Waals surface area (Å²) in [5, 5.41) is 1.05. The lowest BCUT2D eigenvalue weighted by molar-refractivity contribution is 0.437. The second-order valence-corrected chi connectivity index (χ2v) is 5.56. The topological polar surface area (TPSA) is 49.7 Å². The van der Waals surface area contributed by atoms with Gasteiger partial charge in [0, 0.05) is 36.6 Å². The number of H-pyrrole nitrogens is 1. The van der Waals surface area contributed by atoms with Gasteiger partial charge in [0.15, 0.2) is 5.16 Å². The number of rotatable bonds is 6. The summed E-state index contributed by atoms with van der Waals surface area (Å²) >= 11 is 1.78. The SMILES string of the molecule is Cc1cnc(Cn2ccnc2SCCN(C)C)[nH]1. The number of hydrogen-bond acceptors (Lipinski definition) is 4. The van der Waals surface area contributed by atoms with Crippen LogP contribution < -0.4 is 0 Å². The molecule has 0 aliphatic rings. The lowest BCUT2D eigenvalue weighted by Crippen LogP contribution is -2.15. The average Bonchev–Trinajstić information content (AvgIpc) is 2.89. The van der Waals surface area contributed by atoms with Crippen LogP contribution in [0.15, 0.2) is 23.7 Å². The van der Waals surface area contributed by atoms with E-state index in [1.165, 1.54) is 0 Å². The molecule has 0 aromatic carbocycles. The zero-order valence-electron chi connectivity index (χ0n) is 11.1. The standard InChI is InChI=1S/C12H19N5S/c1-10-8-14-11(15-10)9-17-5-4-13-12(17)18-7-6-16(2)3/h4-5,8H,6-7,9H2,1-3H3,(H,14,15). The van der Waals surface area contributed by atoms with Gasteiger partial charge in [-0.1, -0.05) is 11.8 Å². The molecule has 1 N–H and O–H groups in total. The smallest absolute Gasteiger partial charge is 0.168 e. The molecule has 0 amide bonds. The molecule has 0 unspecified atom stereocenters. The summed E-state index contributed by atoms with van der Waals surface area (Å²) in [7, 11) is 4.16. The van der Waals surface area contributed by atoms with Crippen LogP contribution in [0, 0.1) is 6.92 Å². The van der Waals surface area contributed by atoms with E-state index in [9.17, 15) is 0 Å². The predicted molar refractivity (Wildman–Crippen MR) is 73.9 cm³/mol. The van der Waals surface area contributed by atoms with E-state index in [4.69, 9.17) is 0 Å². The quantitative estimate of drug-likeness (QED) is 0.806. The highest BCUT2D eigenvalue weighted by molar-refractivity contribution is 7.99. The van der Waals surface area contributed by atoms with Gasteiger partial charge in [0.1, 0.15) is 5.82 Å². The fourth-order valence-electron chi connectivity index (χ4n) is 1.58. The van der Waals surface area contributed by atoms with Crippen LogP contribution >= 0.6 is 11.8 Å². The molecule has 0 radical (unpaired) electrons. The number of hydrogen-bond donors (Lipinski definition) is 1. The highest BCUT2D eigenvalue weighted by Gasteiger charge is 2.06. The number of aryl methyl sites for hydroxylation is 1. The van der Waals surface area contributed by atoms with Crippen molar-refractivity contribution in [2.24, 2.45) is 0 Å². The number of aromatic nitrogens is 4. The van der Waals surface area contributed by atoms with Crippen molar-refractivity contribution < 1.29 is 0 Å². The summed E-state index contributed by atoms with van der Waals surface area (Å²) in [5.41, 5.74) is 1.09. The van der Waals surface area contributed by atoms with Crippen LogP contribution in [0.3, 0.4) is 0 Å². The molecule has 0 saturated heterocycles. The maximum absolute atomic E-state index is 4.38. The van der Waals surface area contributed by atoms with Gasteiger partial charge in [-0.3, -0.25) is 0 Å². The van der Waals surface area contributed by atoms with E-state index < -0.39 is 0 Å². The van der Waals surface area contributed by atoms with Gasteiger partial charge < -0.3 is 14.5 Å². The van der Waals surface area contributed by atoms with E-state index in [2.05, 4.69) is 38.5 Å². The van der Waals surface area contributed by atoms with Gasteiger partial charge in [0.25, 0.3) is 0 Å². The van der Waals surface area contributed by atoms with Gasteiger partial charge in [-0.25, -0.2) is 9.97 Å². The highest BCUT2D eigenvalue weighted by Crippen LogP contribution is 2.16. The fraction of sp³-hybridized carbons (Fsp3) is 0.500. The van der Waals surface area contributed by atoms with Gasteiger partial charge in [-0.2, -0.15) is 0 Å². The van der Waals surface area contributed by atoms with Crippen molar-refractivity contribution in [1.29, 1.82) is 0 Å². The summed E-state index contributed by atoms with van der Waals surface area (Å²) in [6, 6.07) is 0. The predicted octanol–water partition coefficient (Wildman–Crippen LogP) is 1.62. The Morgan fingerprint density at radius 3 is 2.89 bits per heavy atom. The second kappa shape index (κ2) is 6.06. The largest absolute Gasteiger partial charge is 0.345 e. The summed E-state index contributed by atoms with van der Waals surface area (Å²) < 4.78 is 2.12. The van der Waals surface area contributed by atoms with Crippen molar-refractivity contribution >= 4 is 11.8 Å². The molecule has 6 heteroatoms. The molecule has 0 spiro atoms. The number of aromatic amines is 1. The Morgan fingerprint density at radius 2 is 2.22 bits per heavy atom. The van der Waals surface area contributed by atoms with E-state index in [1.54, 1.807) is 11.8 Å². The van der Waals surface area contributed by atoms with Crippen molar-refractivity contribution in [1.82, 2.24) is 24.4 Å². The van der Waals surface area contributed by atoms with E-state index in [-0.39, 0.29) is 0 Å². The first-order chi connectivity index (χ1) is 8.65. The maximum Gasteiger partial charge on any atom is 0.168 e. The Morgan fingerprint density at radius 1 is 1.39 bits per heavy atom. The molecule has 0 fully saturated rings. The van der Waals surface area contributed by atoms with Crippen LogP contribution in [0.1, 0.15) is 11.5 Å². The minimum Gasteiger partial charge on any atom is -0.345 e. The second-order valence-electron chi connectivity index (χ2n) is 4.50. The molecule has 0 saturated carbocycles. The third-order valence-corrected chi connectivity index (χ3v) is 3.51. The molecule has 0 atom stereocenters. The third-order valence-electron chi connectivity index (χ3n) is 2.52. The van der Waals surface area contributed by atoms with Crippen molar-refractivity contribution in [2.45, 2.75) is 18.6 Å². The van der Waals surface area contributed by atoms with Crippen molar-refractivity contribution in [2.75, 3.05) is 26.4 Å². The minimum atomic E-state index is 0.748. The molecule has 0 bridgehead atoms. The molecule has 2 aromatic rings. The molecular formula is C12H19N5S. The van der Waals surface area contributed by atoms with Gasteiger partial charge >= 0.3 is 0 Å². The van der Waals surface area contributed by atoms with Crippen LogP contribution in [-0.4, -0.2) is 50.8 Å². The highest BCUT2D eigenvalue weighted by atomic mass is 32.2. The molecule has 2 aromatic heterocycles. The summed E-state index contributed by atoms with van der Waals surface area (Å²) in [6.45, 7) is 3.81. The third kappa shape index (κ3) is 3.61. The molecule has 0 aliphatic carbocycles. The first kappa shape index (κ1) is 13.2. The molecule has 2 rings (SSSR count). The van der Waals surface area contributed by atoms with Gasteiger partial charge in [0.05, 0.1) is 6.54 Å². The van der Waals surface area contributed by atoms with Gasteiger partial charge in [0.2, 0.25) is 0 Å². The van der Waals surface area contributed by atoms with E-state index in [0.717, 1.165) is 35.5 Å². The lowest BCUT2D eigenvalue weighted by Gasteiger charge is -2.09.